The van der Waals surface area contributed by atoms with Crippen molar-refractivity contribution in [2.75, 3.05) is 6.54 Å². The Labute approximate surface area is 314 Å². The number of aliphatic carboxylic acids is 1. The Morgan fingerprint density at radius 3 is 1.91 bits per heavy atom. The van der Waals surface area contributed by atoms with Crippen LogP contribution in [0.15, 0.2) is 60.7 Å². The molecule has 0 radical (unpaired) electrons. The van der Waals surface area contributed by atoms with Crippen LogP contribution in [-0.2, 0) is 36.8 Å². The van der Waals surface area contributed by atoms with Gasteiger partial charge in [-0.2, -0.15) is 0 Å². The minimum atomic E-state index is -1.37. The molecule has 12 heteroatoms. The molecular formula is C41H61N5O7. The van der Waals surface area contributed by atoms with E-state index in [2.05, 4.69) is 16.0 Å². The number of carbonyl (C=O) groups is 5. The van der Waals surface area contributed by atoms with E-state index in [-0.39, 0.29) is 25.0 Å². The van der Waals surface area contributed by atoms with Crippen LogP contribution < -0.4 is 27.4 Å². The first-order valence-corrected chi connectivity index (χ1v) is 19.1. The molecule has 2 aromatic rings. The number of carboxylic acids is 1. The van der Waals surface area contributed by atoms with Gasteiger partial charge in [-0.05, 0) is 61.5 Å². The van der Waals surface area contributed by atoms with Crippen LogP contribution in [0.25, 0.3) is 0 Å². The third kappa shape index (κ3) is 13.7. The highest BCUT2D eigenvalue weighted by atomic mass is 16.4. The summed E-state index contributed by atoms with van der Waals surface area (Å²) in [5.41, 5.74) is 13.0. The van der Waals surface area contributed by atoms with E-state index in [9.17, 15) is 34.2 Å². The van der Waals surface area contributed by atoms with Crippen LogP contribution in [0.3, 0.4) is 0 Å². The summed E-state index contributed by atoms with van der Waals surface area (Å²) in [5, 5.41) is 29.8. The number of nitrogens with one attached hydrogen (secondary N) is 3. The molecule has 1 fully saturated rings. The Balaban J connectivity index is 2.02. The smallest absolute Gasteiger partial charge is 0.305 e. The largest absolute Gasteiger partial charge is 0.481 e. The van der Waals surface area contributed by atoms with Gasteiger partial charge in [-0.1, -0.05) is 108 Å². The molecule has 3 amide bonds. The molecule has 6 atom stereocenters. The molecule has 1 saturated carbocycles. The van der Waals surface area contributed by atoms with Crippen molar-refractivity contribution in [1.82, 2.24) is 16.0 Å². The molecule has 0 heterocycles. The van der Waals surface area contributed by atoms with Crippen molar-refractivity contribution in [1.29, 1.82) is 0 Å². The fourth-order valence-corrected chi connectivity index (χ4v) is 7.19. The number of ketones is 1. The molecule has 0 aliphatic heterocycles. The number of rotatable bonds is 21. The number of nitrogens with two attached hydrogens (primary N) is 2. The molecule has 53 heavy (non-hydrogen) atoms. The maximum atomic E-state index is 14.9. The normalized spacial score (nSPS) is 17.5. The third-order valence-corrected chi connectivity index (χ3v) is 10.3. The standard InChI is InChI=1S/C41H61N5O7/c1-26(2)18-21-44-38(51)30(24-34(47)32(22-28-14-8-5-9-15-28)45-39(52)31(42)25-35(48)49)36(27(3)4)37(50)33(23-29-16-10-6-11-17-29)46-40(53)41(43)19-12-7-13-20-41/h5-6,8-11,14-17,26-27,30-34,36,47H,7,12-13,18-25,42-43H2,1-4H3,(H,44,51)(H,45,52)(H,46,53)(H,48,49)/t30-,31+,32+,33+,34?,36?/m1/s1. The third-order valence-electron chi connectivity index (χ3n) is 10.3. The highest BCUT2D eigenvalue weighted by Gasteiger charge is 2.43. The number of benzene rings is 2. The number of hydrogen-bond donors (Lipinski definition) is 7. The van der Waals surface area contributed by atoms with Crippen LogP contribution >= 0.6 is 0 Å². The number of hydrogen-bond acceptors (Lipinski definition) is 8. The van der Waals surface area contributed by atoms with Gasteiger partial charge in [0, 0.05) is 12.5 Å². The number of amides is 3. The van der Waals surface area contributed by atoms with Gasteiger partial charge >= 0.3 is 5.97 Å². The summed E-state index contributed by atoms with van der Waals surface area (Å²) in [5.74, 6) is -5.25. The van der Waals surface area contributed by atoms with E-state index in [0.717, 1.165) is 30.4 Å². The second-order valence-electron chi connectivity index (χ2n) is 15.5. The van der Waals surface area contributed by atoms with Crippen molar-refractivity contribution in [3.8, 4) is 0 Å². The molecule has 3 rings (SSSR count). The van der Waals surface area contributed by atoms with Crippen LogP contribution in [-0.4, -0.2) is 76.0 Å². The van der Waals surface area contributed by atoms with Gasteiger partial charge < -0.3 is 37.6 Å². The quantitative estimate of drug-likeness (QED) is 0.100. The molecule has 0 aromatic heterocycles. The summed E-state index contributed by atoms with van der Waals surface area (Å²) in [6, 6.07) is 15.1. The summed E-state index contributed by atoms with van der Waals surface area (Å²) >= 11 is 0. The summed E-state index contributed by atoms with van der Waals surface area (Å²) in [6.45, 7) is 8.10. The topological polar surface area (TPSA) is 214 Å². The summed E-state index contributed by atoms with van der Waals surface area (Å²) in [4.78, 5) is 67.3. The van der Waals surface area contributed by atoms with Crippen molar-refractivity contribution < 1.29 is 34.2 Å². The summed E-state index contributed by atoms with van der Waals surface area (Å²) < 4.78 is 0. The molecular weight excluding hydrogens is 674 g/mol. The van der Waals surface area contributed by atoms with E-state index >= 15 is 0 Å². The van der Waals surface area contributed by atoms with E-state index in [0.29, 0.717) is 31.7 Å². The monoisotopic (exact) mass is 735 g/mol. The first-order chi connectivity index (χ1) is 25.1. The lowest BCUT2D eigenvalue weighted by Crippen LogP contribution is -2.60. The van der Waals surface area contributed by atoms with Crippen LogP contribution in [0.1, 0.15) is 90.2 Å². The molecule has 9 N–H and O–H groups in total. The summed E-state index contributed by atoms with van der Waals surface area (Å²) in [6.07, 6.45) is 2.51. The molecule has 0 spiro atoms. The predicted octanol–water partition coefficient (Wildman–Crippen LogP) is 3.28. The van der Waals surface area contributed by atoms with Gasteiger partial charge in [-0.3, -0.25) is 24.0 Å². The first-order valence-electron chi connectivity index (χ1n) is 19.1. The first kappa shape index (κ1) is 43.3. The van der Waals surface area contributed by atoms with Crippen LogP contribution in [0.5, 0.6) is 0 Å². The Kier molecular flexibility index (Phi) is 17.1. The maximum absolute atomic E-state index is 14.9. The molecule has 1 aliphatic carbocycles. The van der Waals surface area contributed by atoms with Crippen LogP contribution in [0.4, 0.5) is 0 Å². The van der Waals surface area contributed by atoms with Gasteiger partial charge in [0.25, 0.3) is 0 Å². The van der Waals surface area contributed by atoms with Crippen molar-refractivity contribution >= 4 is 29.5 Å². The van der Waals surface area contributed by atoms with Crippen molar-refractivity contribution in [2.24, 2.45) is 35.1 Å². The second-order valence-corrected chi connectivity index (χ2v) is 15.5. The predicted molar refractivity (Wildman–Crippen MR) is 204 cm³/mol. The van der Waals surface area contributed by atoms with E-state index in [1.54, 1.807) is 0 Å². The summed E-state index contributed by atoms with van der Waals surface area (Å²) in [7, 11) is 0. The molecule has 0 bridgehead atoms. The van der Waals surface area contributed by atoms with Gasteiger partial charge in [0.1, 0.15) is 0 Å². The molecule has 2 unspecified atom stereocenters. The molecule has 1 aliphatic rings. The number of aliphatic hydroxyl groups excluding tert-OH is 1. The zero-order valence-electron chi connectivity index (χ0n) is 31.8. The average Bonchev–Trinajstić information content (AvgIpc) is 3.11. The Morgan fingerprint density at radius 1 is 0.811 bits per heavy atom. The molecule has 2 aromatic carbocycles. The minimum absolute atomic E-state index is 0.154. The van der Waals surface area contributed by atoms with Crippen LogP contribution in [0, 0.1) is 23.7 Å². The molecule has 0 saturated heterocycles. The Morgan fingerprint density at radius 2 is 1.38 bits per heavy atom. The SMILES string of the molecule is CC(C)CCNC(=O)[C@H](CC(O)[C@H](Cc1ccccc1)NC(=O)[C@@H](N)CC(=O)O)C(C(=O)[C@H](Cc1ccccc1)NC(=O)C1(N)CCCCC1)C(C)C. The van der Waals surface area contributed by atoms with Crippen molar-refractivity contribution in [3.05, 3.63) is 71.8 Å². The Hall–Kier alpha value is -4.13. The molecule has 292 valence electrons. The van der Waals surface area contributed by atoms with Crippen molar-refractivity contribution in [3.63, 3.8) is 0 Å². The zero-order valence-corrected chi connectivity index (χ0v) is 31.8. The van der Waals surface area contributed by atoms with E-state index in [1.165, 1.54) is 0 Å². The maximum Gasteiger partial charge on any atom is 0.305 e. The van der Waals surface area contributed by atoms with Crippen molar-refractivity contribution in [2.45, 2.75) is 122 Å². The van der Waals surface area contributed by atoms with Gasteiger partial charge in [-0.25, -0.2) is 0 Å². The average molecular weight is 736 g/mol. The van der Waals surface area contributed by atoms with Gasteiger partial charge in [0.15, 0.2) is 5.78 Å². The van der Waals surface area contributed by atoms with E-state index in [1.807, 2.05) is 88.4 Å². The lowest BCUT2D eigenvalue weighted by molar-refractivity contribution is -0.140. The van der Waals surface area contributed by atoms with Gasteiger partial charge in [0.05, 0.1) is 42.1 Å². The number of Topliss-reactive ketones (excluding diaryl/α,β-unsaturated/α-hetero) is 1. The van der Waals surface area contributed by atoms with Crippen LogP contribution in [0.2, 0.25) is 0 Å². The number of carbonyl (C=O) groups excluding carboxylic acids is 4. The minimum Gasteiger partial charge on any atom is -0.481 e. The second kappa shape index (κ2) is 20.9. The highest BCUT2D eigenvalue weighted by molar-refractivity contribution is 5.96. The number of carboxylic acid groups (broad SMARTS) is 1. The number of aliphatic hydroxyl groups is 1. The molecule has 12 nitrogen and oxygen atoms in total. The zero-order chi connectivity index (χ0) is 39.1. The van der Waals surface area contributed by atoms with E-state index < -0.39 is 77.6 Å². The van der Waals surface area contributed by atoms with E-state index in [4.69, 9.17) is 11.5 Å². The lowest BCUT2D eigenvalue weighted by atomic mass is 9.73. The van der Waals surface area contributed by atoms with Gasteiger partial charge in [0.2, 0.25) is 17.7 Å². The fraction of sp³-hybridized carbons (Fsp3) is 0.585. The Bertz CT molecular complexity index is 1480. The fourth-order valence-electron chi connectivity index (χ4n) is 7.19. The highest BCUT2D eigenvalue weighted by Crippen LogP contribution is 2.31. The lowest BCUT2D eigenvalue weighted by Gasteiger charge is -2.36. The van der Waals surface area contributed by atoms with Gasteiger partial charge in [-0.15, -0.1) is 0 Å².